The quantitative estimate of drug-likeness (QED) is 0.814. The Bertz CT molecular complexity index is 518. The van der Waals surface area contributed by atoms with Crippen molar-refractivity contribution in [3.8, 4) is 11.1 Å². The van der Waals surface area contributed by atoms with E-state index in [1.807, 2.05) is 54.6 Å². The first-order valence-electron chi connectivity index (χ1n) is 6.11. The molecule has 0 aliphatic rings. The molecule has 0 bridgehead atoms. The molecule has 18 heavy (non-hydrogen) atoms. The van der Waals surface area contributed by atoms with Crippen molar-refractivity contribution in [3.63, 3.8) is 0 Å². The molecule has 92 valence electrons. The largest absolute Gasteiger partial charge is 0.396 e. The van der Waals surface area contributed by atoms with Gasteiger partial charge in [-0.2, -0.15) is 0 Å². The molecule has 2 aromatic carbocycles. The Hall–Kier alpha value is -1.93. The highest BCUT2D eigenvalue weighted by Gasteiger charge is 2.11. The molecule has 0 fully saturated rings. The Morgan fingerprint density at radius 3 is 2.33 bits per heavy atom. The van der Waals surface area contributed by atoms with E-state index in [1.54, 1.807) is 0 Å². The topological polar surface area (TPSA) is 37.3 Å². The lowest BCUT2D eigenvalue weighted by Gasteiger charge is -2.08. The molecule has 0 amide bonds. The highest BCUT2D eigenvalue weighted by atomic mass is 16.3. The number of rotatable bonds is 5. The smallest absolute Gasteiger partial charge is 0.163 e. The number of hydrogen-bond donors (Lipinski definition) is 1. The summed E-state index contributed by atoms with van der Waals surface area (Å²) in [7, 11) is 0. The second-order valence-electron chi connectivity index (χ2n) is 4.16. The number of carbonyl (C=O) groups excluding carboxylic acids is 1. The number of ketones is 1. The molecule has 0 aliphatic heterocycles. The maximum atomic E-state index is 12.1. The highest BCUT2D eigenvalue weighted by Crippen LogP contribution is 2.24. The van der Waals surface area contributed by atoms with Crippen LogP contribution in [0.5, 0.6) is 0 Å². The second-order valence-corrected chi connectivity index (χ2v) is 4.16. The van der Waals surface area contributed by atoms with Gasteiger partial charge in [0.1, 0.15) is 0 Å². The van der Waals surface area contributed by atoms with Crippen LogP contribution in [-0.2, 0) is 0 Å². The van der Waals surface area contributed by atoms with Crippen LogP contribution in [0.25, 0.3) is 11.1 Å². The zero-order chi connectivity index (χ0) is 12.8. The van der Waals surface area contributed by atoms with Gasteiger partial charge >= 0.3 is 0 Å². The molecule has 0 atom stereocenters. The van der Waals surface area contributed by atoms with E-state index in [2.05, 4.69) is 0 Å². The molecule has 2 aromatic rings. The van der Waals surface area contributed by atoms with Gasteiger partial charge in [0.15, 0.2) is 5.78 Å². The predicted octanol–water partition coefficient (Wildman–Crippen LogP) is 3.31. The van der Waals surface area contributed by atoms with Crippen molar-refractivity contribution >= 4 is 5.78 Å². The molecule has 0 heterocycles. The molecule has 0 aromatic heterocycles. The van der Waals surface area contributed by atoms with Crippen molar-refractivity contribution in [2.45, 2.75) is 12.8 Å². The summed E-state index contributed by atoms with van der Waals surface area (Å²) >= 11 is 0. The van der Waals surface area contributed by atoms with E-state index in [0.717, 1.165) is 16.7 Å². The van der Waals surface area contributed by atoms with Crippen LogP contribution in [0.1, 0.15) is 23.2 Å². The van der Waals surface area contributed by atoms with Crippen LogP contribution in [0, 0.1) is 0 Å². The Kier molecular flexibility index (Phi) is 4.26. The van der Waals surface area contributed by atoms with Crippen molar-refractivity contribution in [1.29, 1.82) is 0 Å². The summed E-state index contributed by atoms with van der Waals surface area (Å²) in [5.74, 6) is 0.0866. The zero-order valence-corrected chi connectivity index (χ0v) is 10.2. The fourth-order valence-corrected chi connectivity index (χ4v) is 1.97. The van der Waals surface area contributed by atoms with Crippen LogP contribution < -0.4 is 0 Å². The van der Waals surface area contributed by atoms with E-state index in [-0.39, 0.29) is 12.4 Å². The maximum absolute atomic E-state index is 12.1. The molecule has 0 radical (unpaired) electrons. The number of aliphatic hydroxyl groups is 1. The third-order valence-corrected chi connectivity index (χ3v) is 2.87. The first-order valence-corrected chi connectivity index (χ1v) is 6.11. The van der Waals surface area contributed by atoms with E-state index in [0.29, 0.717) is 12.8 Å². The molecule has 1 N–H and O–H groups in total. The van der Waals surface area contributed by atoms with Crippen LogP contribution in [-0.4, -0.2) is 17.5 Å². The fraction of sp³-hybridized carbons (Fsp3) is 0.188. The minimum absolute atomic E-state index is 0.0548. The van der Waals surface area contributed by atoms with Gasteiger partial charge in [0.2, 0.25) is 0 Å². The molecule has 0 saturated heterocycles. The van der Waals surface area contributed by atoms with Gasteiger partial charge in [-0.3, -0.25) is 4.79 Å². The van der Waals surface area contributed by atoms with Gasteiger partial charge in [-0.25, -0.2) is 0 Å². The molecule has 0 unspecified atom stereocenters. The summed E-state index contributed by atoms with van der Waals surface area (Å²) < 4.78 is 0. The summed E-state index contributed by atoms with van der Waals surface area (Å²) in [5, 5.41) is 8.80. The van der Waals surface area contributed by atoms with E-state index in [4.69, 9.17) is 5.11 Å². The van der Waals surface area contributed by atoms with E-state index in [9.17, 15) is 4.79 Å². The Labute approximate surface area is 107 Å². The number of carbonyl (C=O) groups is 1. The van der Waals surface area contributed by atoms with Gasteiger partial charge in [0.25, 0.3) is 0 Å². The number of aliphatic hydroxyl groups excluding tert-OH is 1. The van der Waals surface area contributed by atoms with E-state index >= 15 is 0 Å². The lowest BCUT2D eigenvalue weighted by atomic mass is 9.95. The van der Waals surface area contributed by atoms with Gasteiger partial charge in [-0.05, 0) is 17.5 Å². The predicted molar refractivity (Wildman–Crippen MR) is 72.5 cm³/mol. The van der Waals surface area contributed by atoms with E-state index < -0.39 is 0 Å². The third-order valence-electron chi connectivity index (χ3n) is 2.87. The summed E-state index contributed by atoms with van der Waals surface area (Å²) in [4.78, 5) is 12.1. The second kappa shape index (κ2) is 6.12. The van der Waals surface area contributed by atoms with Crippen molar-refractivity contribution in [2.75, 3.05) is 6.61 Å². The summed E-state index contributed by atoms with van der Waals surface area (Å²) in [6, 6.07) is 17.5. The third kappa shape index (κ3) is 2.84. The lowest BCUT2D eigenvalue weighted by molar-refractivity contribution is 0.0972. The minimum atomic E-state index is 0.0548. The van der Waals surface area contributed by atoms with Crippen molar-refractivity contribution < 1.29 is 9.90 Å². The van der Waals surface area contributed by atoms with Gasteiger partial charge in [0.05, 0.1) is 0 Å². The standard InChI is InChI=1S/C16H16O2/c17-12-6-11-16(18)15-10-5-4-9-14(15)13-7-2-1-3-8-13/h1-5,7-10,17H,6,11-12H2. The molecule has 0 saturated carbocycles. The maximum Gasteiger partial charge on any atom is 0.163 e. The molecule has 0 aliphatic carbocycles. The molecular weight excluding hydrogens is 224 g/mol. The molecule has 0 spiro atoms. The summed E-state index contributed by atoms with van der Waals surface area (Å²) in [6.45, 7) is 0.0548. The van der Waals surface area contributed by atoms with Crippen LogP contribution >= 0.6 is 0 Å². The summed E-state index contributed by atoms with van der Waals surface area (Å²) in [5.41, 5.74) is 2.74. The van der Waals surface area contributed by atoms with Crippen molar-refractivity contribution in [1.82, 2.24) is 0 Å². The first kappa shape index (κ1) is 12.5. The molecule has 2 rings (SSSR count). The van der Waals surface area contributed by atoms with Crippen LogP contribution in [0.2, 0.25) is 0 Å². The zero-order valence-electron chi connectivity index (χ0n) is 10.2. The van der Waals surface area contributed by atoms with Crippen LogP contribution in [0.15, 0.2) is 54.6 Å². The minimum Gasteiger partial charge on any atom is -0.396 e. The van der Waals surface area contributed by atoms with Crippen molar-refractivity contribution in [2.24, 2.45) is 0 Å². The Morgan fingerprint density at radius 1 is 0.944 bits per heavy atom. The van der Waals surface area contributed by atoms with Gasteiger partial charge < -0.3 is 5.11 Å². The SMILES string of the molecule is O=C(CCCO)c1ccccc1-c1ccccc1. The van der Waals surface area contributed by atoms with E-state index in [1.165, 1.54) is 0 Å². The first-order chi connectivity index (χ1) is 8.83. The van der Waals surface area contributed by atoms with Gasteiger partial charge in [-0.15, -0.1) is 0 Å². The molecule has 2 nitrogen and oxygen atoms in total. The average Bonchev–Trinajstić information content (AvgIpc) is 2.45. The van der Waals surface area contributed by atoms with Gasteiger partial charge in [-0.1, -0.05) is 54.6 Å². The Balaban J connectivity index is 2.34. The summed E-state index contributed by atoms with van der Waals surface area (Å²) in [6.07, 6.45) is 0.905. The normalized spacial score (nSPS) is 10.3. The number of hydrogen-bond acceptors (Lipinski definition) is 2. The fourth-order valence-electron chi connectivity index (χ4n) is 1.97. The number of Topliss-reactive ketones (excluding diaryl/α,β-unsaturated/α-hetero) is 1. The van der Waals surface area contributed by atoms with Crippen LogP contribution in [0.4, 0.5) is 0 Å². The average molecular weight is 240 g/mol. The highest BCUT2D eigenvalue weighted by molar-refractivity contribution is 6.02. The van der Waals surface area contributed by atoms with Crippen LogP contribution in [0.3, 0.4) is 0 Å². The molecular formula is C16H16O2. The van der Waals surface area contributed by atoms with Crippen molar-refractivity contribution in [3.05, 3.63) is 60.2 Å². The Morgan fingerprint density at radius 2 is 1.61 bits per heavy atom. The molecule has 2 heteroatoms. The lowest BCUT2D eigenvalue weighted by Crippen LogP contribution is -2.02. The van der Waals surface area contributed by atoms with Gasteiger partial charge in [0, 0.05) is 18.6 Å². The number of benzene rings is 2. The monoisotopic (exact) mass is 240 g/mol.